The minimum atomic E-state index is -0.204. The highest BCUT2D eigenvalue weighted by molar-refractivity contribution is 5.43. The lowest BCUT2D eigenvalue weighted by atomic mass is 9.92. The molecular formula is C16H23NO3. The Morgan fingerprint density at radius 2 is 1.85 bits per heavy atom. The predicted molar refractivity (Wildman–Crippen MR) is 77.2 cm³/mol. The lowest BCUT2D eigenvalue weighted by Gasteiger charge is -2.28. The summed E-state index contributed by atoms with van der Waals surface area (Å²) in [7, 11) is 0. The second-order valence-corrected chi connectivity index (χ2v) is 5.67. The fourth-order valence-corrected chi connectivity index (χ4v) is 2.92. The molecule has 2 unspecified atom stereocenters. The smallest absolute Gasteiger partial charge is 0.161 e. The van der Waals surface area contributed by atoms with Crippen LogP contribution in [0.3, 0.4) is 0 Å². The van der Waals surface area contributed by atoms with Crippen LogP contribution in [0.5, 0.6) is 11.5 Å². The van der Waals surface area contributed by atoms with E-state index in [1.54, 1.807) is 0 Å². The molecular weight excluding hydrogens is 254 g/mol. The van der Waals surface area contributed by atoms with Crippen molar-refractivity contribution in [2.45, 2.75) is 50.8 Å². The third-order valence-corrected chi connectivity index (χ3v) is 4.11. The fraction of sp³-hybridized carbons (Fsp3) is 0.625. The average Bonchev–Trinajstić information content (AvgIpc) is 2.71. The van der Waals surface area contributed by atoms with Gasteiger partial charge >= 0.3 is 0 Å². The Balaban J connectivity index is 1.61. The molecule has 20 heavy (non-hydrogen) atoms. The maximum atomic E-state index is 9.97. The monoisotopic (exact) mass is 277 g/mol. The molecule has 3 rings (SSSR count). The van der Waals surface area contributed by atoms with E-state index in [2.05, 4.69) is 11.4 Å². The molecule has 2 aliphatic rings. The molecule has 1 fully saturated rings. The van der Waals surface area contributed by atoms with Crippen LogP contribution >= 0.6 is 0 Å². The van der Waals surface area contributed by atoms with Crippen molar-refractivity contribution in [2.75, 3.05) is 13.2 Å². The summed E-state index contributed by atoms with van der Waals surface area (Å²) in [4.78, 5) is 0. The summed E-state index contributed by atoms with van der Waals surface area (Å²) in [6.45, 7) is 2.20. The second kappa shape index (κ2) is 6.46. The van der Waals surface area contributed by atoms with Crippen LogP contribution < -0.4 is 14.8 Å². The van der Waals surface area contributed by atoms with Crippen molar-refractivity contribution in [1.29, 1.82) is 0 Å². The van der Waals surface area contributed by atoms with Crippen LogP contribution in [-0.4, -0.2) is 30.5 Å². The highest BCUT2D eigenvalue weighted by atomic mass is 16.5. The highest BCUT2D eigenvalue weighted by Gasteiger charge is 2.22. The molecule has 0 aromatic heterocycles. The molecule has 1 aromatic rings. The summed E-state index contributed by atoms with van der Waals surface area (Å²) < 4.78 is 11.3. The molecule has 2 atom stereocenters. The van der Waals surface area contributed by atoms with Gasteiger partial charge in [-0.3, -0.25) is 0 Å². The Hall–Kier alpha value is -1.26. The number of benzene rings is 1. The predicted octanol–water partition coefficient (Wildman–Crippen LogP) is 2.24. The van der Waals surface area contributed by atoms with Crippen molar-refractivity contribution in [3.05, 3.63) is 23.8 Å². The van der Waals surface area contributed by atoms with E-state index in [0.717, 1.165) is 50.3 Å². The van der Waals surface area contributed by atoms with Gasteiger partial charge in [-0.05, 0) is 30.5 Å². The molecule has 0 saturated heterocycles. The first-order valence-electron chi connectivity index (χ1n) is 7.63. The van der Waals surface area contributed by atoms with Gasteiger partial charge in [-0.1, -0.05) is 18.9 Å². The fourth-order valence-electron chi connectivity index (χ4n) is 2.92. The molecule has 0 amide bonds. The maximum absolute atomic E-state index is 9.97. The molecule has 1 heterocycles. The normalized spacial score (nSPS) is 26.1. The van der Waals surface area contributed by atoms with Gasteiger partial charge in [0.25, 0.3) is 0 Å². The van der Waals surface area contributed by atoms with E-state index < -0.39 is 0 Å². The van der Waals surface area contributed by atoms with E-state index >= 15 is 0 Å². The zero-order valence-corrected chi connectivity index (χ0v) is 11.8. The van der Waals surface area contributed by atoms with Crippen molar-refractivity contribution < 1.29 is 14.6 Å². The van der Waals surface area contributed by atoms with Crippen LogP contribution in [0.1, 0.15) is 37.7 Å². The van der Waals surface area contributed by atoms with Gasteiger partial charge in [-0.2, -0.15) is 0 Å². The van der Waals surface area contributed by atoms with Crippen LogP contribution in [0.4, 0.5) is 0 Å². The molecule has 1 aromatic carbocycles. The zero-order chi connectivity index (χ0) is 13.8. The van der Waals surface area contributed by atoms with Crippen LogP contribution in [-0.2, 0) is 6.54 Å². The van der Waals surface area contributed by atoms with Gasteiger partial charge in [0.15, 0.2) is 11.5 Å². The van der Waals surface area contributed by atoms with Gasteiger partial charge in [0.1, 0.15) is 0 Å². The van der Waals surface area contributed by atoms with Crippen molar-refractivity contribution in [3.63, 3.8) is 0 Å². The summed E-state index contributed by atoms with van der Waals surface area (Å²) in [6.07, 6.45) is 5.05. The summed E-state index contributed by atoms with van der Waals surface area (Å²) in [5, 5.41) is 13.4. The van der Waals surface area contributed by atoms with E-state index in [-0.39, 0.29) is 12.1 Å². The SMILES string of the molecule is OC1CCCCC1NCc1ccc2c(c1)OCCCO2. The molecule has 2 N–H and O–H groups in total. The Morgan fingerprint density at radius 3 is 2.70 bits per heavy atom. The summed E-state index contributed by atoms with van der Waals surface area (Å²) in [5.74, 6) is 1.68. The van der Waals surface area contributed by atoms with Crippen molar-refractivity contribution in [3.8, 4) is 11.5 Å². The topological polar surface area (TPSA) is 50.7 Å². The van der Waals surface area contributed by atoms with Gasteiger partial charge in [0.2, 0.25) is 0 Å². The standard InChI is InChI=1S/C16H23NO3/c18-14-5-2-1-4-13(14)17-11-12-6-7-15-16(10-12)20-9-3-8-19-15/h6-7,10,13-14,17-18H,1-5,8-9,11H2. The first kappa shape index (κ1) is 13.7. The first-order chi connectivity index (χ1) is 9.83. The molecule has 110 valence electrons. The number of nitrogens with one attached hydrogen (secondary N) is 1. The van der Waals surface area contributed by atoms with Crippen LogP contribution in [0, 0.1) is 0 Å². The number of rotatable bonds is 3. The van der Waals surface area contributed by atoms with Gasteiger partial charge < -0.3 is 19.9 Å². The van der Waals surface area contributed by atoms with Gasteiger partial charge in [0, 0.05) is 19.0 Å². The molecule has 1 aliphatic carbocycles. The number of fused-ring (bicyclic) bond motifs is 1. The first-order valence-corrected chi connectivity index (χ1v) is 7.63. The third kappa shape index (κ3) is 3.25. The number of aliphatic hydroxyl groups excluding tert-OH is 1. The average molecular weight is 277 g/mol. The van der Waals surface area contributed by atoms with Crippen LogP contribution in [0.2, 0.25) is 0 Å². The summed E-state index contributed by atoms with van der Waals surface area (Å²) in [6, 6.07) is 6.31. The summed E-state index contributed by atoms with van der Waals surface area (Å²) >= 11 is 0. The zero-order valence-electron chi connectivity index (χ0n) is 11.8. The minimum Gasteiger partial charge on any atom is -0.490 e. The lowest BCUT2D eigenvalue weighted by molar-refractivity contribution is 0.0902. The number of ether oxygens (including phenoxy) is 2. The van der Waals surface area contributed by atoms with Crippen molar-refractivity contribution in [2.24, 2.45) is 0 Å². The van der Waals surface area contributed by atoms with E-state index in [9.17, 15) is 5.11 Å². The molecule has 0 spiro atoms. The quantitative estimate of drug-likeness (QED) is 0.889. The molecule has 1 aliphatic heterocycles. The molecule has 4 nitrogen and oxygen atoms in total. The Labute approximate surface area is 120 Å². The number of hydrogen-bond acceptors (Lipinski definition) is 4. The number of aliphatic hydroxyl groups is 1. The highest BCUT2D eigenvalue weighted by Crippen LogP contribution is 2.30. The third-order valence-electron chi connectivity index (χ3n) is 4.11. The van der Waals surface area contributed by atoms with E-state index in [1.165, 1.54) is 12.0 Å². The van der Waals surface area contributed by atoms with Gasteiger partial charge in [-0.15, -0.1) is 0 Å². The van der Waals surface area contributed by atoms with E-state index in [1.807, 2.05) is 12.1 Å². The second-order valence-electron chi connectivity index (χ2n) is 5.67. The molecule has 4 heteroatoms. The summed E-state index contributed by atoms with van der Waals surface area (Å²) in [5.41, 5.74) is 1.17. The van der Waals surface area contributed by atoms with Crippen LogP contribution in [0.25, 0.3) is 0 Å². The molecule has 0 radical (unpaired) electrons. The van der Waals surface area contributed by atoms with Crippen molar-refractivity contribution in [1.82, 2.24) is 5.32 Å². The van der Waals surface area contributed by atoms with Gasteiger partial charge in [0.05, 0.1) is 19.3 Å². The molecule has 1 saturated carbocycles. The lowest BCUT2D eigenvalue weighted by Crippen LogP contribution is -2.41. The Bertz CT molecular complexity index is 449. The maximum Gasteiger partial charge on any atom is 0.161 e. The minimum absolute atomic E-state index is 0.204. The largest absolute Gasteiger partial charge is 0.490 e. The molecule has 0 bridgehead atoms. The van der Waals surface area contributed by atoms with Crippen molar-refractivity contribution >= 4 is 0 Å². The number of hydrogen-bond donors (Lipinski definition) is 2. The van der Waals surface area contributed by atoms with Crippen LogP contribution in [0.15, 0.2) is 18.2 Å². The van der Waals surface area contributed by atoms with Gasteiger partial charge in [-0.25, -0.2) is 0 Å². The Morgan fingerprint density at radius 1 is 1.05 bits per heavy atom. The van der Waals surface area contributed by atoms with E-state index in [4.69, 9.17) is 9.47 Å². The van der Waals surface area contributed by atoms with E-state index in [0.29, 0.717) is 6.61 Å². The Kier molecular flexibility index (Phi) is 4.43.